The van der Waals surface area contributed by atoms with Crippen LogP contribution in [-0.4, -0.2) is 6.61 Å². The predicted octanol–water partition coefficient (Wildman–Crippen LogP) is 7.92. The van der Waals surface area contributed by atoms with Crippen molar-refractivity contribution in [1.29, 1.82) is 0 Å². The van der Waals surface area contributed by atoms with Crippen molar-refractivity contribution < 1.29 is 4.74 Å². The maximum atomic E-state index is 5.53. The van der Waals surface area contributed by atoms with E-state index >= 15 is 0 Å². The molecular weight excluding hydrogens is 388 g/mol. The predicted molar refractivity (Wildman–Crippen MR) is 135 cm³/mol. The summed E-state index contributed by atoms with van der Waals surface area (Å²) in [4.78, 5) is 0. The topological polar surface area (TPSA) is 9.23 Å². The van der Waals surface area contributed by atoms with E-state index in [0.29, 0.717) is 6.61 Å². The zero-order chi connectivity index (χ0) is 22.2. The van der Waals surface area contributed by atoms with Gasteiger partial charge in [0, 0.05) is 11.1 Å². The molecule has 0 saturated heterocycles. The lowest BCUT2D eigenvalue weighted by molar-refractivity contribution is 0.115. The molecule has 0 N–H and O–H groups in total. The Hall–Kier alpha value is -2.72. The molecule has 1 heteroatoms. The van der Waals surface area contributed by atoms with E-state index in [-0.39, 0.29) is 0 Å². The first-order valence-electron chi connectivity index (χ1n) is 12.3. The van der Waals surface area contributed by atoms with Crippen LogP contribution < -0.4 is 4.74 Å². The number of ether oxygens (including phenoxy) is 1. The van der Waals surface area contributed by atoms with Crippen LogP contribution >= 0.6 is 0 Å². The Labute approximate surface area is 194 Å². The van der Waals surface area contributed by atoms with Gasteiger partial charge in [-0.05, 0) is 111 Å². The van der Waals surface area contributed by atoms with E-state index in [1.165, 1.54) is 56.9 Å². The van der Waals surface area contributed by atoms with E-state index in [1.54, 1.807) is 6.08 Å². The molecule has 166 valence electrons. The van der Waals surface area contributed by atoms with E-state index in [4.69, 9.17) is 4.74 Å². The molecule has 0 aromatic heterocycles. The van der Waals surface area contributed by atoms with E-state index in [1.807, 2.05) is 24.3 Å². The van der Waals surface area contributed by atoms with Gasteiger partial charge in [0.1, 0.15) is 12.4 Å². The molecule has 2 aromatic rings. The lowest BCUT2D eigenvalue weighted by Crippen LogP contribution is -2.30. The monoisotopic (exact) mass is 424 g/mol. The number of hydrogen-bond donors (Lipinski definition) is 0. The van der Waals surface area contributed by atoms with E-state index in [2.05, 4.69) is 55.3 Å². The Morgan fingerprint density at radius 2 is 1.44 bits per heavy atom. The molecule has 2 saturated carbocycles. The zero-order valence-electron chi connectivity index (χ0n) is 19.3. The van der Waals surface area contributed by atoms with Crippen LogP contribution in [0.1, 0.15) is 74.0 Å². The van der Waals surface area contributed by atoms with Gasteiger partial charge in [-0.1, -0.05) is 49.1 Å². The van der Waals surface area contributed by atoms with Gasteiger partial charge in [-0.2, -0.15) is 0 Å². The second-order valence-electron chi connectivity index (χ2n) is 9.57. The first-order chi connectivity index (χ1) is 15.7. The molecule has 0 amide bonds. The third-order valence-electron chi connectivity index (χ3n) is 7.46. The minimum atomic E-state index is 0.524. The molecular formula is C31H36O. The van der Waals surface area contributed by atoms with Crippen molar-refractivity contribution in [1.82, 2.24) is 0 Å². The summed E-state index contributed by atoms with van der Waals surface area (Å²) in [5.41, 5.74) is 3.59. The molecule has 4 unspecified atom stereocenters. The highest BCUT2D eigenvalue weighted by Crippen LogP contribution is 2.48. The minimum absolute atomic E-state index is 0.524. The van der Waals surface area contributed by atoms with Crippen LogP contribution in [0.15, 0.2) is 73.8 Å². The Kier molecular flexibility index (Phi) is 7.89. The van der Waals surface area contributed by atoms with Crippen molar-refractivity contribution in [3.8, 4) is 17.6 Å². The van der Waals surface area contributed by atoms with Crippen LogP contribution in [0.25, 0.3) is 0 Å². The zero-order valence-corrected chi connectivity index (χ0v) is 19.3. The second-order valence-corrected chi connectivity index (χ2v) is 9.57. The van der Waals surface area contributed by atoms with Gasteiger partial charge in [0.2, 0.25) is 0 Å². The van der Waals surface area contributed by atoms with Crippen molar-refractivity contribution in [2.24, 2.45) is 17.8 Å². The van der Waals surface area contributed by atoms with Crippen molar-refractivity contribution >= 4 is 0 Å². The molecule has 0 radical (unpaired) electrons. The summed E-state index contributed by atoms with van der Waals surface area (Å²) in [6.07, 6.45) is 14.8. The van der Waals surface area contributed by atoms with Gasteiger partial charge in [0.15, 0.2) is 0 Å². The third kappa shape index (κ3) is 5.95. The van der Waals surface area contributed by atoms with E-state index < -0.39 is 0 Å². The van der Waals surface area contributed by atoms with Crippen LogP contribution in [-0.2, 0) is 0 Å². The average molecular weight is 425 g/mol. The Morgan fingerprint density at radius 3 is 2.12 bits per heavy atom. The van der Waals surface area contributed by atoms with Gasteiger partial charge in [-0.25, -0.2) is 0 Å². The molecule has 0 heterocycles. The molecule has 2 aromatic carbocycles. The fraction of sp³-hybridized carbons (Fsp3) is 0.419. The van der Waals surface area contributed by atoms with Gasteiger partial charge in [-0.3, -0.25) is 0 Å². The number of rotatable bonds is 7. The third-order valence-corrected chi connectivity index (χ3v) is 7.46. The fourth-order valence-electron chi connectivity index (χ4n) is 5.68. The van der Waals surface area contributed by atoms with Crippen molar-refractivity contribution in [2.75, 3.05) is 6.61 Å². The first kappa shape index (κ1) is 22.5. The number of fused-ring (bicyclic) bond motifs is 1. The quantitative estimate of drug-likeness (QED) is 0.324. The SMILES string of the molecule is C=CCCC1CCC2CC(c3ccc(C#Cc4ccc(OCC=C)cc4)cc3)CCC2C1. The van der Waals surface area contributed by atoms with Crippen LogP contribution in [0.2, 0.25) is 0 Å². The van der Waals surface area contributed by atoms with E-state index in [0.717, 1.165) is 40.5 Å². The normalized spacial score (nSPS) is 24.5. The molecule has 1 nitrogen and oxygen atoms in total. The standard InChI is InChI=1S/C31H36O/c1-3-5-6-26-11-16-30-23-29(18-17-28(30)22-26)27-14-9-24(10-15-27)7-8-25-12-19-31(20-13-25)32-21-4-2/h3-4,9-10,12-15,19-20,26,28-30H,1-2,5-6,11,16-18,21-23H2. The molecule has 32 heavy (non-hydrogen) atoms. The highest BCUT2D eigenvalue weighted by atomic mass is 16.5. The lowest BCUT2D eigenvalue weighted by atomic mass is 9.63. The molecule has 2 aliphatic carbocycles. The average Bonchev–Trinajstić information content (AvgIpc) is 2.85. The summed E-state index contributed by atoms with van der Waals surface area (Å²) in [6.45, 7) is 8.09. The minimum Gasteiger partial charge on any atom is -0.490 e. The van der Waals surface area contributed by atoms with Crippen molar-refractivity contribution in [3.05, 3.63) is 90.5 Å². The largest absolute Gasteiger partial charge is 0.490 e. The molecule has 0 aliphatic heterocycles. The maximum absolute atomic E-state index is 5.53. The summed E-state index contributed by atoms with van der Waals surface area (Å²) in [7, 11) is 0. The van der Waals surface area contributed by atoms with Crippen LogP contribution in [0, 0.1) is 29.6 Å². The fourth-order valence-corrected chi connectivity index (χ4v) is 5.68. The maximum Gasteiger partial charge on any atom is 0.119 e. The van der Waals surface area contributed by atoms with Gasteiger partial charge in [0.25, 0.3) is 0 Å². The summed E-state index contributed by atoms with van der Waals surface area (Å²) in [6, 6.07) is 17.0. The van der Waals surface area contributed by atoms with Gasteiger partial charge < -0.3 is 4.74 Å². The van der Waals surface area contributed by atoms with Crippen LogP contribution in [0.4, 0.5) is 0 Å². The van der Waals surface area contributed by atoms with Crippen LogP contribution in [0.5, 0.6) is 5.75 Å². The number of benzene rings is 2. The highest BCUT2D eigenvalue weighted by Gasteiger charge is 2.35. The Bertz CT molecular complexity index is 941. The van der Waals surface area contributed by atoms with Crippen LogP contribution in [0.3, 0.4) is 0 Å². The first-order valence-corrected chi connectivity index (χ1v) is 12.3. The van der Waals surface area contributed by atoms with E-state index in [9.17, 15) is 0 Å². The summed E-state index contributed by atoms with van der Waals surface area (Å²) in [5.74, 6) is 11.0. The smallest absolute Gasteiger partial charge is 0.119 e. The molecule has 2 fully saturated rings. The van der Waals surface area contributed by atoms with Gasteiger partial charge >= 0.3 is 0 Å². The summed E-state index contributed by atoms with van der Waals surface area (Å²) < 4.78 is 5.53. The Balaban J connectivity index is 1.31. The second kappa shape index (κ2) is 11.2. The number of hydrogen-bond acceptors (Lipinski definition) is 1. The molecule has 4 rings (SSSR count). The number of allylic oxidation sites excluding steroid dienone is 1. The highest BCUT2D eigenvalue weighted by molar-refractivity contribution is 5.45. The molecule has 0 bridgehead atoms. The molecule has 2 aliphatic rings. The van der Waals surface area contributed by atoms with Crippen molar-refractivity contribution in [3.63, 3.8) is 0 Å². The molecule has 0 spiro atoms. The van der Waals surface area contributed by atoms with Crippen molar-refractivity contribution in [2.45, 2.75) is 57.3 Å². The summed E-state index contributed by atoms with van der Waals surface area (Å²) in [5, 5.41) is 0. The summed E-state index contributed by atoms with van der Waals surface area (Å²) >= 11 is 0. The molecule has 4 atom stereocenters. The van der Waals surface area contributed by atoms with Gasteiger partial charge in [-0.15, -0.1) is 6.58 Å². The Morgan fingerprint density at radius 1 is 0.781 bits per heavy atom. The lowest BCUT2D eigenvalue weighted by Gasteiger charge is -2.42. The van der Waals surface area contributed by atoms with Gasteiger partial charge in [0.05, 0.1) is 0 Å².